The molecule has 1 N–H and O–H groups in total. The van der Waals surface area contributed by atoms with Crippen molar-refractivity contribution in [1.29, 1.82) is 0 Å². The predicted octanol–water partition coefficient (Wildman–Crippen LogP) is 4.61. The van der Waals surface area contributed by atoms with E-state index in [2.05, 4.69) is 15.3 Å². The lowest BCUT2D eigenvalue weighted by Crippen LogP contribution is -2.22. The Morgan fingerprint density at radius 1 is 1.06 bits per heavy atom. The van der Waals surface area contributed by atoms with E-state index in [1.807, 2.05) is 60.7 Å². The van der Waals surface area contributed by atoms with Gasteiger partial charge in [0, 0.05) is 29.7 Å². The number of fused-ring (bicyclic) bond motifs is 2. The first-order chi connectivity index (χ1) is 16.2. The average Bonchev–Trinajstić information content (AvgIpc) is 2.86. The molecule has 0 aliphatic heterocycles. The summed E-state index contributed by atoms with van der Waals surface area (Å²) in [5, 5.41) is 4.28. The highest BCUT2D eigenvalue weighted by molar-refractivity contribution is 5.89. The van der Waals surface area contributed by atoms with E-state index >= 15 is 0 Å². The normalized spacial score (nSPS) is 11.3. The Bertz CT molecular complexity index is 1530. The van der Waals surface area contributed by atoms with Crippen LogP contribution in [0.15, 0.2) is 95.0 Å². The van der Waals surface area contributed by atoms with E-state index in [-0.39, 0.29) is 5.56 Å². The highest BCUT2D eigenvalue weighted by Gasteiger charge is 2.14. The van der Waals surface area contributed by atoms with Crippen LogP contribution in [0.4, 0.5) is 11.5 Å². The van der Waals surface area contributed by atoms with Gasteiger partial charge in [-0.2, -0.15) is 0 Å². The molecule has 162 valence electrons. The molecule has 7 nitrogen and oxygen atoms in total. The number of benzene rings is 2. The molecule has 0 aliphatic rings. The Balaban J connectivity index is 1.60. The van der Waals surface area contributed by atoms with E-state index in [1.165, 1.54) is 4.40 Å². The van der Waals surface area contributed by atoms with Gasteiger partial charge in [0.1, 0.15) is 11.4 Å². The van der Waals surface area contributed by atoms with E-state index in [4.69, 9.17) is 9.72 Å². The summed E-state index contributed by atoms with van der Waals surface area (Å²) in [7, 11) is 1.56. The highest BCUT2D eigenvalue weighted by atomic mass is 16.5. The van der Waals surface area contributed by atoms with Crippen LogP contribution in [0.2, 0.25) is 0 Å². The van der Waals surface area contributed by atoms with Crippen LogP contribution in [0.1, 0.15) is 11.1 Å². The Hall–Kier alpha value is -4.52. The highest BCUT2D eigenvalue weighted by Crippen LogP contribution is 2.24. The van der Waals surface area contributed by atoms with Gasteiger partial charge in [-0.15, -0.1) is 0 Å². The molecular formula is C26H21N5O2. The van der Waals surface area contributed by atoms with Gasteiger partial charge < -0.3 is 10.1 Å². The molecule has 0 bridgehead atoms. The van der Waals surface area contributed by atoms with Crippen LogP contribution in [0, 0.1) is 0 Å². The van der Waals surface area contributed by atoms with Crippen LogP contribution in [-0.2, 0) is 6.54 Å². The molecule has 7 heteroatoms. The van der Waals surface area contributed by atoms with Crippen LogP contribution in [0.25, 0.3) is 16.6 Å². The summed E-state index contributed by atoms with van der Waals surface area (Å²) >= 11 is 0. The second-order valence-electron chi connectivity index (χ2n) is 7.44. The summed E-state index contributed by atoms with van der Waals surface area (Å²) in [6.45, 7) is 0.460. The Morgan fingerprint density at radius 2 is 1.94 bits per heavy atom. The number of rotatable bonds is 6. The third-order valence-corrected chi connectivity index (χ3v) is 5.28. The Labute approximate surface area is 190 Å². The van der Waals surface area contributed by atoms with Gasteiger partial charge in [-0.05, 0) is 42.0 Å². The van der Waals surface area contributed by atoms with Crippen LogP contribution >= 0.6 is 0 Å². The van der Waals surface area contributed by atoms with Gasteiger partial charge in [-0.25, -0.2) is 4.98 Å². The van der Waals surface area contributed by atoms with Crippen molar-refractivity contribution in [2.75, 3.05) is 12.4 Å². The number of nitrogens with zero attached hydrogens (tertiary/aromatic N) is 4. The minimum atomic E-state index is -0.235. The number of nitrogens with one attached hydrogen (secondary N) is 1. The van der Waals surface area contributed by atoms with E-state index < -0.39 is 0 Å². The number of hydrogen-bond acceptors (Lipinski definition) is 6. The standard InChI is InChI=1S/C26H21N5O2/c1-33-23-10-6-14-31-25(23)30-24(29-20-11-12-22-19(15-20)9-5-13-28-22)21(26(31)32)17-27-16-18-7-3-2-4-8-18/h2-15,17,29H,16H2,1H3. The molecule has 0 saturated heterocycles. The fraction of sp³-hybridized carbons (Fsp3) is 0.0769. The molecule has 5 rings (SSSR count). The fourth-order valence-corrected chi connectivity index (χ4v) is 3.64. The van der Waals surface area contributed by atoms with Crippen molar-refractivity contribution in [3.05, 3.63) is 107 Å². The van der Waals surface area contributed by atoms with Gasteiger partial charge in [0.15, 0.2) is 11.4 Å². The summed E-state index contributed by atoms with van der Waals surface area (Å²) in [4.78, 5) is 27.0. The Kier molecular flexibility index (Phi) is 5.51. The molecule has 0 fully saturated rings. The zero-order valence-electron chi connectivity index (χ0n) is 18.0. The van der Waals surface area contributed by atoms with E-state index in [0.29, 0.717) is 29.3 Å². The number of ether oxygens (including phenoxy) is 1. The smallest absolute Gasteiger partial charge is 0.268 e. The van der Waals surface area contributed by atoms with Crippen molar-refractivity contribution in [2.45, 2.75) is 6.54 Å². The molecule has 0 spiro atoms. The summed E-state index contributed by atoms with van der Waals surface area (Å²) in [6, 6.07) is 23.1. The maximum absolute atomic E-state index is 13.4. The quantitative estimate of drug-likeness (QED) is 0.394. The van der Waals surface area contributed by atoms with Crippen LogP contribution < -0.4 is 15.6 Å². The number of hydrogen-bond donors (Lipinski definition) is 1. The summed E-state index contributed by atoms with van der Waals surface area (Å²) < 4.78 is 6.90. The van der Waals surface area contributed by atoms with Crippen LogP contribution in [0.3, 0.4) is 0 Å². The molecule has 3 aromatic heterocycles. The summed E-state index contributed by atoms with van der Waals surface area (Å²) in [6.07, 6.45) is 5.02. The monoisotopic (exact) mass is 435 g/mol. The fourth-order valence-electron chi connectivity index (χ4n) is 3.64. The number of methoxy groups -OCH3 is 1. The molecule has 3 heterocycles. The van der Waals surface area contributed by atoms with E-state index in [0.717, 1.165) is 22.2 Å². The van der Waals surface area contributed by atoms with Crippen molar-refractivity contribution >= 4 is 34.3 Å². The molecule has 2 aromatic carbocycles. The van der Waals surface area contributed by atoms with Gasteiger partial charge in [-0.3, -0.25) is 19.2 Å². The number of aliphatic imine (C=N–C) groups is 1. The largest absolute Gasteiger partial charge is 0.493 e. The van der Waals surface area contributed by atoms with Crippen molar-refractivity contribution in [3.63, 3.8) is 0 Å². The SMILES string of the molecule is COc1cccn2c(=O)c(C=NCc3ccccc3)c(Nc3ccc4ncccc4c3)nc12. The first kappa shape index (κ1) is 20.4. The lowest BCUT2D eigenvalue weighted by molar-refractivity contribution is 0.416. The van der Waals surface area contributed by atoms with Crippen molar-refractivity contribution in [3.8, 4) is 5.75 Å². The third-order valence-electron chi connectivity index (χ3n) is 5.28. The third kappa shape index (κ3) is 4.16. The molecule has 0 saturated carbocycles. The molecule has 5 aromatic rings. The predicted molar refractivity (Wildman–Crippen MR) is 131 cm³/mol. The maximum atomic E-state index is 13.4. The zero-order valence-corrected chi connectivity index (χ0v) is 18.0. The van der Waals surface area contributed by atoms with E-state index in [9.17, 15) is 4.79 Å². The lowest BCUT2D eigenvalue weighted by atomic mass is 10.2. The van der Waals surface area contributed by atoms with Crippen molar-refractivity contribution < 1.29 is 4.74 Å². The Morgan fingerprint density at radius 3 is 2.79 bits per heavy atom. The first-order valence-corrected chi connectivity index (χ1v) is 10.5. The van der Waals surface area contributed by atoms with Crippen molar-refractivity contribution in [2.24, 2.45) is 4.99 Å². The molecule has 0 atom stereocenters. The molecule has 0 amide bonds. The van der Waals surface area contributed by atoms with Gasteiger partial charge in [-0.1, -0.05) is 36.4 Å². The molecule has 0 radical (unpaired) electrons. The average molecular weight is 435 g/mol. The van der Waals surface area contributed by atoms with Crippen LogP contribution in [0.5, 0.6) is 5.75 Å². The number of anilines is 2. The lowest BCUT2D eigenvalue weighted by Gasteiger charge is -2.13. The van der Waals surface area contributed by atoms with Crippen LogP contribution in [-0.4, -0.2) is 27.7 Å². The maximum Gasteiger partial charge on any atom is 0.268 e. The number of pyridine rings is 2. The minimum absolute atomic E-state index is 0.235. The summed E-state index contributed by atoms with van der Waals surface area (Å²) in [5.41, 5.74) is 3.29. The second kappa shape index (κ2) is 8.92. The van der Waals surface area contributed by atoms with E-state index in [1.54, 1.807) is 37.9 Å². The first-order valence-electron chi connectivity index (χ1n) is 10.5. The zero-order chi connectivity index (χ0) is 22.6. The topological polar surface area (TPSA) is 80.9 Å². The number of aromatic nitrogens is 3. The van der Waals surface area contributed by atoms with Gasteiger partial charge in [0.2, 0.25) is 0 Å². The van der Waals surface area contributed by atoms with Gasteiger partial charge in [0.05, 0.1) is 19.2 Å². The minimum Gasteiger partial charge on any atom is -0.493 e. The van der Waals surface area contributed by atoms with Gasteiger partial charge in [0.25, 0.3) is 5.56 Å². The van der Waals surface area contributed by atoms with Crippen molar-refractivity contribution in [1.82, 2.24) is 14.4 Å². The molecule has 33 heavy (non-hydrogen) atoms. The molecule has 0 unspecified atom stereocenters. The summed E-state index contributed by atoms with van der Waals surface area (Å²) in [5.74, 6) is 0.915. The second-order valence-corrected chi connectivity index (χ2v) is 7.44. The molecular weight excluding hydrogens is 414 g/mol. The molecule has 0 aliphatic carbocycles. The van der Waals surface area contributed by atoms with Gasteiger partial charge >= 0.3 is 0 Å².